The highest BCUT2D eigenvalue weighted by molar-refractivity contribution is 9.10. The molecule has 1 N–H and O–H groups in total. The second kappa shape index (κ2) is 8.33. The largest absolute Gasteiger partial charge is 0.496 e. The highest BCUT2D eigenvalue weighted by Gasteiger charge is 2.08. The van der Waals surface area contributed by atoms with E-state index in [0.717, 1.165) is 26.0 Å². The Labute approximate surface area is 163 Å². The van der Waals surface area contributed by atoms with E-state index in [0.29, 0.717) is 17.5 Å². The van der Waals surface area contributed by atoms with Crippen molar-refractivity contribution in [3.8, 4) is 11.5 Å². The van der Waals surface area contributed by atoms with Crippen molar-refractivity contribution in [2.75, 3.05) is 19.0 Å². The van der Waals surface area contributed by atoms with Crippen LogP contribution in [0.1, 0.15) is 12.5 Å². The van der Waals surface area contributed by atoms with Gasteiger partial charge in [0.05, 0.1) is 23.9 Å². The van der Waals surface area contributed by atoms with Gasteiger partial charge in [-0.25, -0.2) is 4.98 Å². The molecule has 0 aliphatic carbocycles. The zero-order valence-electron chi connectivity index (χ0n) is 14.3. The first-order chi connectivity index (χ1) is 12.6. The molecule has 26 heavy (non-hydrogen) atoms. The average Bonchev–Trinajstić information content (AvgIpc) is 3.01. The van der Waals surface area contributed by atoms with Crippen LogP contribution in [0.5, 0.6) is 11.5 Å². The third-order valence-corrected chi connectivity index (χ3v) is 4.93. The minimum absolute atomic E-state index is 0.254. The monoisotopic (exact) mass is 432 g/mol. The number of nitrogens with one attached hydrogen (secondary N) is 1. The lowest BCUT2D eigenvalue weighted by Gasteiger charge is -2.04. The first-order valence-electron chi connectivity index (χ1n) is 7.95. The molecule has 3 rings (SSSR count). The summed E-state index contributed by atoms with van der Waals surface area (Å²) >= 11 is 4.82. The molecule has 2 aromatic carbocycles. The number of carbonyl (C=O) groups is 1. The number of ether oxygens (including phenoxy) is 2. The molecule has 0 saturated heterocycles. The molecule has 0 bridgehead atoms. The predicted octanol–water partition coefficient (Wildman–Crippen LogP) is 5.12. The van der Waals surface area contributed by atoms with Crippen molar-refractivity contribution in [1.29, 1.82) is 0 Å². The van der Waals surface area contributed by atoms with E-state index in [1.54, 1.807) is 13.2 Å². The van der Waals surface area contributed by atoms with E-state index in [1.165, 1.54) is 17.4 Å². The fourth-order valence-electron chi connectivity index (χ4n) is 2.36. The summed E-state index contributed by atoms with van der Waals surface area (Å²) in [7, 11) is 1.60. The van der Waals surface area contributed by atoms with Gasteiger partial charge in [-0.3, -0.25) is 10.1 Å². The number of aromatic nitrogens is 1. The molecule has 0 aliphatic rings. The summed E-state index contributed by atoms with van der Waals surface area (Å²) in [5.74, 6) is 1.24. The summed E-state index contributed by atoms with van der Waals surface area (Å²) in [5, 5.41) is 3.34. The number of fused-ring (bicyclic) bond motifs is 1. The van der Waals surface area contributed by atoms with Crippen LogP contribution in [-0.2, 0) is 4.79 Å². The third-order valence-electron chi connectivity index (χ3n) is 3.51. The van der Waals surface area contributed by atoms with Gasteiger partial charge in [0.1, 0.15) is 11.5 Å². The maximum atomic E-state index is 12.2. The van der Waals surface area contributed by atoms with Gasteiger partial charge < -0.3 is 9.47 Å². The smallest absolute Gasteiger partial charge is 0.250 e. The van der Waals surface area contributed by atoms with Crippen molar-refractivity contribution in [2.24, 2.45) is 0 Å². The molecule has 0 aliphatic heterocycles. The number of hydrogen-bond acceptors (Lipinski definition) is 5. The second-order valence-electron chi connectivity index (χ2n) is 5.29. The molecule has 134 valence electrons. The standard InChI is InChI=1S/C19H17BrN2O3S/c1-3-25-14-6-7-15-17(11-14)26-19(21-15)22-18(23)9-4-12-10-13(20)5-8-16(12)24-2/h4-11H,3H2,1-2H3,(H,21,22,23)/b9-4+. The summed E-state index contributed by atoms with van der Waals surface area (Å²) in [6, 6.07) is 11.3. The van der Waals surface area contributed by atoms with Crippen molar-refractivity contribution < 1.29 is 14.3 Å². The Morgan fingerprint density at radius 3 is 2.92 bits per heavy atom. The fourth-order valence-corrected chi connectivity index (χ4v) is 3.64. The van der Waals surface area contributed by atoms with E-state index in [2.05, 4.69) is 26.2 Å². The maximum absolute atomic E-state index is 12.2. The highest BCUT2D eigenvalue weighted by atomic mass is 79.9. The van der Waals surface area contributed by atoms with E-state index in [4.69, 9.17) is 9.47 Å². The highest BCUT2D eigenvalue weighted by Crippen LogP contribution is 2.29. The molecular weight excluding hydrogens is 416 g/mol. The molecule has 0 unspecified atom stereocenters. The number of halogens is 1. The third kappa shape index (κ3) is 4.42. The van der Waals surface area contributed by atoms with Crippen molar-refractivity contribution in [1.82, 2.24) is 4.98 Å². The molecule has 0 atom stereocenters. The van der Waals surface area contributed by atoms with Crippen LogP contribution in [0.15, 0.2) is 46.9 Å². The van der Waals surface area contributed by atoms with Crippen LogP contribution >= 0.6 is 27.3 Å². The first-order valence-corrected chi connectivity index (χ1v) is 9.56. The zero-order valence-corrected chi connectivity index (χ0v) is 16.7. The molecule has 7 heteroatoms. The number of amides is 1. The Morgan fingerprint density at radius 2 is 2.15 bits per heavy atom. The molecule has 0 saturated carbocycles. The SMILES string of the molecule is CCOc1ccc2nc(NC(=O)/C=C/c3cc(Br)ccc3OC)sc2c1. The molecule has 0 fully saturated rings. The quantitative estimate of drug-likeness (QED) is 0.549. The minimum Gasteiger partial charge on any atom is -0.496 e. The molecule has 0 spiro atoms. The van der Waals surface area contributed by atoms with Gasteiger partial charge in [0, 0.05) is 16.1 Å². The van der Waals surface area contributed by atoms with Gasteiger partial charge in [-0.2, -0.15) is 0 Å². The number of benzene rings is 2. The molecule has 0 radical (unpaired) electrons. The second-order valence-corrected chi connectivity index (χ2v) is 7.24. The van der Waals surface area contributed by atoms with Gasteiger partial charge in [-0.05, 0) is 49.4 Å². The van der Waals surface area contributed by atoms with Crippen LogP contribution in [-0.4, -0.2) is 24.6 Å². The van der Waals surface area contributed by atoms with E-state index < -0.39 is 0 Å². The summed E-state index contributed by atoms with van der Waals surface area (Å²) < 4.78 is 12.7. The Morgan fingerprint density at radius 1 is 1.31 bits per heavy atom. The van der Waals surface area contributed by atoms with Gasteiger partial charge >= 0.3 is 0 Å². The van der Waals surface area contributed by atoms with E-state index in [-0.39, 0.29) is 5.91 Å². The predicted molar refractivity (Wildman–Crippen MR) is 109 cm³/mol. The topological polar surface area (TPSA) is 60.5 Å². The number of hydrogen-bond donors (Lipinski definition) is 1. The van der Waals surface area contributed by atoms with Gasteiger partial charge in [-0.1, -0.05) is 27.3 Å². The molecular formula is C19H17BrN2O3S. The van der Waals surface area contributed by atoms with Gasteiger partial charge in [0.25, 0.3) is 0 Å². The Kier molecular flexibility index (Phi) is 5.90. The number of rotatable bonds is 6. The zero-order chi connectivity index (χ0) is 18.5. The van der Waals surface area contributed by atoms with Crippen LogP contribution in [0, 0.1) is 0 Å². The number of nitrogens with zero attached hydrogens (tertiary/aromatic N) is 1. The summed E-state index contributed by atoms with van der Waals surface area (Å²) in [6.45, 7) is 2.55. The molecule has 1 heterocycles. The lowest BCUT2D eigenvalue weighted by atomic mass is 10.2. The number of anilines is 1. The Balaban J connectivity index is 1.73. The normalized spacial score (nSPS) is 11.0. The number of methoxy groups -OCH3 is 1. The van der Waals surface area contributed by atoms with Crippen LogP contribution in [0.2, 0.25) is 0 Å². The van der Waals surface area contributed by atoms with E-state index >= 15 is 0 Å². The number of carbonyl (C=O) groups excluding carboxylic acids is 1. The molecule has 3 aromatic rings. The van der Waals surface area contributed by atoms with Crippen LogP contribution < -0.4 is 14.8 Å². The van der Waals surface area contributed by atoms with Gasteiger partial charge in [0.15, 0.2) is 5.13 Å². The van der Waals surface area contributed by atoms with Crippen molar-refractivity contribution in [3.63, 3.8) is 0 Å². The Bertz CT molecular complexity index is 969. The summed E-state index contributed by atoms with van der Waals surface area (Å²) in [4.78, 5) is 16.6. The lowest BCUT2D eigenvalue weighted by Crippen LogP contribution is -2.07. The molecule has 1 aromatic heterocycles. The van der Waals surface area contributed by atoms with Crippen LogP contribution in [0.4, 0.5) is 5.13 Å². The first kappa shape index (κ1) is 18.4. The van der Waals surface area contributed by atoms with Crippen LogP contribution in [0.25, 0.3) is 16.3 Å². The summed E-state index contributed by atoms with van der Waals surface area (Å²) in [6.07, 6.45) is 3.17. The van der Waals surface area contributed by atoms with Crippen molar-refractivity contribution >= 4 is 54.6 Å². The van der Waals surface area contributed by atoms with Crippen molar-refractivity contribution in [2.45, 2.75) is 6.92 Å². The lowest BCUT2D eigenvalue weighted by molar-refractivity contribution is -0.111. The van der Waals surface area contributed by atoms with Crippen LogP contribution in [0.3, 0.4) is 0 Å². The minimum atomic E-state index is -0.254. The van der Waals surface area contributed by atoms with Gasteiger partial charge in [-0.15, -0.1) is 0 Å². The number of thiazole rings is 1. The Hall–Kier alpha value is -2.38. The van der Waals surface area contributed by atoms with E-state index in [1.807, 2.05) is 43.3 Å². The maximum Gasteiger partial charge on any atom is 0.250 e. The fraction of sp³-hybridized carbons (Fsp3) is 0.158. The van der Waals surface area contributed by atoms with Crippen molar-refractivity contribution in [3.05, 3.63) is 52.5 Å². The molecule has 5 nitrogen and oxygen atoms in total. The van der Waals surface area contributed by atoms with E-state index in [9.17, 15) is 4.79 Å². The summed E-state index contributed by atoms with van der Waals surface area (Å²) in [5.41, 5.74) is 1.63. The average molecular weight is 433 g/mol. The molecule has 1 amide bonds. The van der Waals surface area contributed by atoms with Gasteiger partial charge in [0.2, 0.25) is 5.91 Å².